The number of unbranched alkanes of at least 4 members (excludes halogenated alkanes) is 1. The molecule has 40 heavy (non-hydrogen) atoms. The molecule has 0 aliphatic carbocycles. The summed E-state index contributed by atoms with van der Waals surface area (Å²) in [6.45, 7) is 2.06. The summed E-state index contributed by atoms with van der Waals surface area (Å²) >= 11 is 2.75. The molecule has 5 rings (SSSR count). The van der Waals surface area contributed by atoms with Gasteiger partial charge in [0.15, 0.2) is 0 Å². The number of anilines is 2. The second kappa shape index (κ2) is 13.1. The van der Waals surface area contributed by atoms with Crippen molar-refractivity contribution in [1.29, 1.82) is 0 Å². The number of benzene rings is 2. The summed E-state index contributed by atoms with van der Waals surface area (Å²) in [5, 5.41) is 33.0. The molecule has 3 heterocycles. The van der Waals surface area contributed by atoms with Gasteiger partial charge in [-0.3, -0.25) is 14.9 Å². The number of carbonyl (C=O) groups excluding carboxylic acids is 2. The highest BCUT2D eigenvalue weighted by atomic mass is 32.1. The minimum atomic E-state index is -0.244. The number of aryl methyl sites for hydroxylation is 3. The minimum absolute atomic E-state index is 0.0321. The van der Waals surface area contributed by atoms with E-state index < -0.39 is 0 Å². The van der Waals surface area contributed by atoms with Crippen molar-refractivity contribution in [2.75, 3.05) is 10.6 Å². The predicted octanol–water partition coefficient (Wildman–Crippen LogP) is 4.34. The van der Waals surface area contributed by atoms with Gasteiger partial charge < -0.3 is 5.32 Å². The van der Waals surface area contributed by atoms with Crippen molar-refractivity contribution in [2.24, 2.45) is 0 Å². The molecule has 3 aromatic heterocycles. The number of hydrogen-bond acceptors (Lipinski definition) is 10. The molecule has 0 unspecified atom stereocenters. The summed E-state index contributed by atoms with van der Waals surface area (Å²) in [5.74, 6) is -0.354. The van der Waals surface area contributed by atoms with Crippen LogP contribution in [0.1, 0.15) is 34.0 Å². The van der Waals surface area contributed by atoms with Gasteiger partial charge in [-0.25, -0.2) is 4.68 Å². The summed E-state index contributed by atoms with van der Waals surface area (Å²) < 4.78 is 1.50. The first kappa shape index (κ1) is 27.2. The summed E-state index contributed by atoms with van der Waals surface area (Å²) in [6.07, 6.45) is 5.33. The smallest absolute Gasteiger partial charge is 0.247 e. The normalized spacial score (nSPS) is 10.9. The molecule has 13 heteroatoms. The van der Waals surface area contributed by atoms with Crippen LogP contribution in [-0.4, -0.2) is 47.2 Å². The van der Waals surface area contributed by atoms with Crippen molar-refractivity contribution in [3.05, 3.63) is 81.9 Å². The number of carbonyl (C=O) groups is 2. The first-order valence-electron chi connectivity index (χ1n) is 12.8. The van der Waals surface area contributed by atoms with Crippen molar-refractivity contribution in [3.63, 3.8) is 0 Å². The summed E-state index contributed by atoms with van der Waals surface area (Å²) in [6, 6.07) is 17.6. The van der Waals surface area contributed by atoms with Crippen LogP contribution in [0.4, 0.5) is 10.3 Å². The van der Waals surface area contributed by atoms with Crippen LogP contribution in [0.5, 0.6) is 0 Å². The highest BCUT2D eigenvalue weighted by Gasteiger charge is 2.12. The average molecular weight is 574 g/mol. The molecule has 0 bridgehead atoms. The van der Waals surface area contributed by atoms with Crippen LogP contribution in [0.15, 0.2) is 60.8 Å². The van der Waals surface area contributed by atoms with Gasteiger partial charge in [0.05, 0.1) is 12.6 Å². The Bertz CT molecular complexity index is 1560. The molecule has 0 fully saturated rings. The molecule has 0 atom stereocenters. The molecule has 0 saturated heterocycles. The van der Waals surface area contributed by atoms with Gasteiger partial charge >= 0.3 is 0 Å². The van der Waals surface area contributed by atoms with E-state index in [1.54, 1.807) is 6.20 Å². The summed E-state index contributed by atoms with van der Waals surface area (Å²) in [4.78, 5) is 24.7. The average Bonchev–Trinajstić information content (AvgIpc) is 3.70. The minimum Gasteiger partial charge on any atom is -0.300 e. The molecule has 2 N–H and O–H groups in total. The van der Waals surface area contributed by atoms with Gasteiger partial charge in [0.25, 0.3) is 0 Å². The number of nitrogens with one attached hydrogen (secondary N) is 2. The topological polar surface area (TPSA) is 140 Å². The molecule has 0 aliphatic heterocycles. The summed E-state index contributed by atoms with van der Waals surface area (Å²) in [5.41, 5.74) is 3.78. The molecule has 2 aromatic carbocycles. The van der Waals surface area contributed by atoms with Crippen molar-refractivity contribution in [2.45, 2.75) is 45.6 Å². The number of nitrogens with zero attached hydrogens (tertiary/aromatic N) is 7. The number of rotatable bonds is 12. The molecular weight excluding hydrogens is 546 g/mol. The van der Waals surface area contributed by atoms with Gasteiger partial charge in [-0.05, 0) is 25.3 Å². The Morgan fingerprint density at radius 1 is 0.775 bits per heavy atom. The van der Waals surface area contributed by atoms with Gasteiger partial charge in [-0.15, -0.1) is 25.5 Å². The molecular formula is C27H27N9O2S2. The first-order chi connectivity index (χ1) is 19.5. The third-order valence-corrected chi connectivity index (χ3v) is 7.65. The Morgan fingerprint density at radius 3 is 2.05 bits per heavy atom. The first-order valence-corrected chi connectivity index (χ1v) is 14.4. The van der Waals surface area contributed by atoms with E-state index in [9.17, 15) is 9.59 Å². The SMILES string of the molecule is Cc1ccc(-c2cn(CC(=O)Nc3nnc(CCCCc4nnc(NC(=O)Cc5ccccc5)s4)s3)nn2)cc1. The van der Waals surface area contributed by atoms with Crippen molar-refractivity contribution in [1.82, 2.24) is 35.4 Å². The zero-order valence-electron chi connectivity index (χ0n) is 21.8. The zero-order valence-corrected chi connectivity index (χ0v) is 23.4. The fraction of sp³-hybridized carbons (Fsp3) is 0.259. The van der Waals surface area contributed by atoms with Crippen molar-refractivity contribution in [3.8, 4) is 11.3 Å². The van der Waals surface area contributed by atoms with Crippen LogP contribution < -0.4 is 10.6 Å². The van der Waals surface area contributed by atoms with E-state index in [1.165, 1.54) is 32.9 Å². The van der Waals surface area contributed by atoms with Gasteiger partial charge in [0.2, 0.25) is 22.1 Å². The second-order valence-electron chi connectivity index (χ2n) is 9.14. The maximum Gasteiger partial charge on any atom is 0.247 e. The van der Waals surface area contributed by atoms with Crippen LogP contribution in [-0.2, 0) is 35.4 Å². The van der Waals surface area contributed by atoms with E-state index in [0.717, 1.165) is 46.8 Å². The van der Waals surface area contributed by atoms with Crippen LogP contribution >= 0.6 is 22.7 Å². The predicted molar refractivity (Wildman–Crippen MR) is 154 cm³/mol. The maximum atomic E-state index is 12.5. The van der Waals surface area contributed by atoms with Crippen LogP contribution in [0.2, 0.25) is 0 Å². The summed E-state index contributed by atoms with van der Waals surface area (Å²) in [7, 11) is 0. The zero-order chi connectivity index (χ0) is 27.7. The van der Waals surface area contributed by atoms with Crippen LogP contribution in [0.25, 0.3) is 11.3 Å². The van der Waals surface area contributed by atoms with Gasteiger partial charge in [-0.2, -0.15) is 0 Å². The van der Waals surface area contributed by atoms with Crippen LogP contribution in [0.3, 0.4) is 0 Å². The van der Waals surface area contributed by atoms with E-state index >= 15 is 0 Å². The van der Waals surface area contributed by atoms with Gasteiger partial charge in [-0.1, -0.05) is 88.0 Å². The maximum absolute atomic E-state index is 12.5. The fourth-order valence-corrected chi connectivity index (χ4v) is 5.44. The Labute approximate surface area is 238 Å². The number of amides is 2. The lowest BCUT2D eigenvalue weighted by molar-refractivity contribution is -0.117. The fourth-order valence-electron chi connectivity index (χ4n) is 3.85. The van der Waals surface area contributed by atoms with Crippen molar-refractivity contribution < 1.29 is 9.59 Å². The standard InChI is InChI=1S/C27H27N9O2S2/c1-18-11-13-20(14-12-18)21-16-36(35-30-21)17-23(38)29-27-34-32-25(40-27)10-6-5-9-24-31-33-26(39-24)28-22(37)15-19-7-3-2-4-8-19/h2-4,7-8,11-14,16H,5-6,9-10,15,17H2,1H3,(H,28,33,37)(H,29,34,38). The molecule has 5 aromatic rings. The van der Waals surface area contributed by atoms with E-state index in [-0.39, 0.29) is 18.4 Å². The lowest BCUT2D eigenvalue weighted by Crippen LogP contribution is -2.19. The number of hydrogen-bond donors (Lipinski definition) is 2. The number of aromatic nitrogens is 7. The Hall–Kier alpha value is -4.36. The lowest BCUT2D eigenvalue weighted by Gasteiger charge is -2.00. The van der Waals surface area contributed by atoms with Gasteiger partial charge in [0.1, 0.15) is 22.3 Å². The third-order valence-electron chi connectivity index (χ3n) is 5.86. The van der Waals surface area contributed by atoms with E-state index in [2.05, 4.69) is 41.3 Å². The molecule has 11 nitrogen and oxygen atoms in total. The molecule has 0 radical (unpaired) electrons. The third kappa shape index (κ3) is 7.83. The monoisotopic (exact) mass is 573 g/mol. The van der Waals surface area contributed by atoms with Crippen molar-refractivity contribution >= 4 is 44.8 Å². The Kier molecular flexibility index (Phi) is 8.93. The Morgan fingerprint density at radius 2 is 1.40 bits per heavy atom. The molecule has 0 spiro atoms. The highest BCUT2D eigenvalue weighted by molar-refractivity contribution is 7.15. The van der Waals surface area contributed by atoms with Crippen LogP contribution in [0, 0.1) is 6.92 Å². The lowest BCUT2D eigenvalue weighted by atomic mass is 10.1. The van der Waals surface area contributed by atoms with E-state index in [0.29, 0.717) is 22.4 Å². The van der Waals surface area contributed by atoms with E-state index in [4.69, 9.17) is 0 Å². The molecule has 0 saturated carbocycles. The Balaban J connectivity index is 1.01. The quantitative estimate of drug-likeness (QED) is 0.210. The second-order valence-corrected chi connectivity index (χ2v) is 11.3. The largest absolute Gasteiger partial charge is 0.300 e. The molecule has 0 aliphatic rings. The molecule has 204 valence electrons. The van der Waals surface area contributed by atoms with Gasteiger partial charge in [0, 0.05) is 18.4 Å². The molecule has 2 amide bonds. The van der Waals surface area contributed by atoms with E-state index in [1.807, 2.05) is 61.5 Å². The highest BCUT2D eigenvalue weighted by Crippen LogP contribution is 2.21.